The highest BCUT2D eigenvalue weighted by Gasteiger charge is 2.15. The number of hydrogen-bond donors (Lipinski definition) is 1. The van der Waals surface area contributed by atoms with E-state index < -0.39 is 17.7 Å². The molecule has 0 fully saturated rings. The topological polar surface area (TPSA) is 74.2 Å². The summed E-state index contributed by atoms with van der Waals surface area (Å²) >= 11 is 0. The third-order valence-electron chi connectivity index (χ3n) is 2.66. The highest BCUT2D eigenvalue weighted by atomic mass is 19.2. The number of ether oxygens (including phenoxy) is 1. The van der Waals surface area contributed by atoms with E-state index in [0.29, 0.717) is 24.6 Å². The Bertz CT molecular complexity index is 574. The summed E-state index contributed by atoms with van der Waals surface area (Å²) in [6.45, 7) is 2.70. The maximum atomic E-state index is 13.1. The molecular weight excluding hydrogens is 268 g/mol. The molecule has 0 radical (unpaired) electrons. The first kappa shape index (κ1) is 14.5. The van der Waals surface area contributed by atoms with Gasteiger partial charge in [-0.25, -0.2) is 8.78 Å². The molecule has 1 heterocycles. The van der Waals surface area contributed by atoms with Crippen molar-refractivity contribution in [2.24, 2.45) is 5.73 Å². The van der Waals surface area contributed by atoms with Crippen LogP contribution in [0.3, 0.4) is 0 Å². The third-order valence-corrected chi connectivity index (χ3v) is 2.66. The molecule has 0 saturated carbocycles. The van der Waals surface area contributed by atoms with Gasteiger partial charge in [0.2, 0.25) is 5.89 Å². The third kappa shape index (κ3) is 3.58. The summed E-state index contributed by atoms with van der Waals surface area (Å²) in [5.41, 5.74) is 6.35. The van der Waals surface area contributed by atoms with Gasteiger partial charge in [-0.15, -0.1) is 0 Å². The molecule has 1 aromatic carbocycles. The van der Waals surface area contributed by atoms with Crippen LogP contribution in [-0.2, 0) is 11.2 Å². The fourth-order valence-corrected chi connectivity index (χ4v) is 1.63. The molecular formula is C13H15F2N3O2. The van der Waals surface area contributed by atoms with Crippen LogP contribution in [-0.4, -0.2) is 23.4 Å². The lowest BCUT2D eigenvalue weighted by atomic mass is 10.1. The van der Waals surface area contributed by atoms with Gasteiger partial charge in [0.05, 0.1) is 19.1 Å². The van der Waals surface area contributed by atoms with Gasteiger partial charge in [-0.05, 0) is 24.6 Å². The second-order valence-electron chi connectivity index (χ2n) is 4.24. The van der Waals surface area contributed by atoms with Crippen molar-refractivity contribution in [1.82, 2.24) is 10.1 Å². The van der Waals surface area contributed by atoms with Gasteiger partial charge in [-0.2, -0.15) is 4.98 Å². The first-order valence-corrected chi connectivity index (χ1v) is 6.20. The van der Waals surface area contributed by atoms with Gasteiger partial charge in [0.1, 0.15) is 0 Å². The van der Waals surface area contributed by atoms with Crippen molar-refractivity contribution >= 4 is 0 Å². The zero-order chi connectivity index (χ0) is 14.5. The van der Waals surface area contributed by atoms with Crippen LogP contribution >= 0.6 is 0 Å². The van der Waals surface area contributed by atoms with Gasteiger partial charge in [0, 0.05) is 6.61 Å². The zero-order valence-electron chi connectivity index (χ0n) is 11.0. The minimum absolute atomic E-state index is 0.214. The Balaban J connectivity index is 2.03. The van der Waals surface area contributed by atoms with E-state index in [1.54, 1.807) is 0 Å². The van der Waals surface area contributed by atoms with E-state index in [9.17, 15) is 8.78 Å². The predicted octanol–water partition coefficient (Wildman–Crippen LogP) is 1.97. The van der Waals surface area contributed by atoms with Crippen LogP contribution in [0.4, 0.5) is 8.78 Å². The molecule has 0 aliphatic heterocycles. The monoisotopic (exact) mass is 283 g/mol. The highest BCUT2D eigenvalue weighted by Crippen LogP contribution is 2.14. The predicted molar refractivity (Wildman–Crippen MR) is 66.9 cm³/mol. The molecule has 1 unspecified atom stereocenters. The van der Waals surface area contributed by atoms with Gasteiger partial charge in [-0.3, -0.25) is 0 Å². The average Bonchev–Trinajstić information content (AvgIpc) is 2.89. The number of aromatic nitrogens is 2. The molecule has 0 saturated heterocycles. The zero-order valence-corrected chi connectivity index (χ0v) is 11.0. The van der Waals surface area contributed by atoms with Crippen LogP contribution in [0.1, 0.15) is 30.2 Å². The van der Waals surface area contributed by atoms with E-state index in [1.165, 1.54) is 6.07 Å². The van der Waals surface area contributed by atoms with Crippen molar-refractivity contribution in [1.29, 1.82) is 0 Å². The van der Waals surface area contributed by atoms with Gasteiger partial charge < -0.3 is 15.0 Å². The molecule has 7 heteroatoms. The molecule has 1 aromatic heterocycles. The maximum Gasteiger partial charge on any atom is 0.231 e. The molecule has 20 heavy (non-hydrogen) atoms. The molecule has 2 rings (SSSR count). The molecule has 0 aliphatic carbocycles. The normalized spacial score (nSPS) is 12.6. The van der Waals surface area contributed by atoms with E-state index in [0.717, 1.165) is 12.1 Å². The van der Waals surface area contributed by atoms with Crippen molar-refractivity contribution in [3.63, 3.8) is 0 Å². The van der Waals surface area contributed by atoms with Crippen molar-refractivity contribution < 1.29 is 18.0 Å². The van der Waals surface area contributed by atoms with E-state index in [2.05, 4.69) is 10.1 Å². The number of rotatable bonds is 6. The smallest absolute Gasteiger partial charge is 0.231 e. The molecule has 0 spiro atoms. The number of nitrogens with two attached hydrogens (primary N) is 1. The molecule has 5 nitrogen and oxygen atoms in total. The highest BCUT2D eigenvalue weighted by molar-refractivity contribution is 5.20. The standard InChI is InChI=1S/C13H15F2N3O2/c1-2-19-7-11(16)13-17-12(20-18-13)6-8-3-4-9(14)10(15)5-8/h3-5,11H,2,6-7,16H2,1H3. The molecule has 0 aliphatic rings. The van der Waals surface area contributed by atoms with Crippen molar-refractivity contribution in [3.05, 3.63) is 47.1 Å². The minimum Gasteiger partial charge on any atom is -0.380 e. The molecule has 2 aromatic rings. The first-order valence-electron chi connectivity index (χ1n) is 6.20. The number of hydrogen-bond acceptors (Lipinski definition) is 5. The second-order valence-corrected chi connectivity index (χ2v) is 4.24. The summed E-state index contributed by atoms with van der Waals surface area (Å²) in [6, 6.07) is 3.14. The van der Waals surface area contributed by atoms with Crippen molar-refractivity contribution in [2.45, 2.75) is 19.4 Å². The lowest BCUT2D eigenvalue weighted by molar-refractivity contribution is 0.130. The summed E-state index contributed by atoms with van der Waals surface area (Å²) in [4.78, 5) is 4.11. The Morgan fingerprint density at radius 2 is 2.15 bits per heavy atom. The van der Waals surface area contributed by atoms with E-state index in [-0.39, 0.29) is 12.3 Å². The van der Waals surface area contributed by atoms with Crippen LogP contribution in [0.2, 0.25) is 0 Å². The van der Waals surface area contributed by atoms with E-state index in [1.807, 2.05) is 6.92 Å². The largest absolute Gasteiger partial charge is 0.380 e. The summed E-state index contributed by atoms with van der Waals surface area (Å²) in [7, 11) is 0. The Labute approximate surface area is 114 Å². The summed E-state index contributed by atoms with van der Waals surface area (Å²) in [5, 5.41) is 3.75. The fraction of sp³-hybridized carbons (Fsp3) is 0.385. The number of benzene rings is 1. The van der Waals surface area contributed by atoms with Crippen molar-refractivity contribution in [3.8, 4) is 0 Å². The van der Waals surface area contributed by atoms with E-state index in [4.69, 9.17) is 15.0 Å². The van der Waals surface area contributed by atoms with Gasteiger partial charge in [0.25, 0.3) is 0 Å². The second kappa shape index (κ2) is 6.53. The summed E-state index contributed by atoms with van der Waals surface area (Å²) in [6.07, 6.45) is 0.214. The first-order chi connectivity index (χ1) is 9.60. The van der Waals surface area contributed by atoms with Crippen LogP contribution in [0, 0.1) is 11.6 Å². The Morgan fingerprint density at radius 3 is 2.85 bits per heavy atom. The molecule has 108 valence electrons. The number of nitrogens with zero attached hydrogens (tertiary/aromatic N) is 2. The van der Waals surface area contributed by atoms with E-state index >= 15 is 0 Å². The average molecular weight is 283 g/mol. The Morgan fingerprint density at radius 1 is 1.35 bits per heavy atom. The summed E-state index contributed by atoms with van der Waals surface area (Å²) in [5.74, 6) is -1.18. The maximum absolute atomic E-state index is 13.1. The molecule has 0 bridgehead atoms. The summed E-state index contributed by atoms with van der Waals surface area (Å²) < 4.78 is 36.1. The van der Waals surface area contributed by atoms with Crippen LogP contribution in [0.25, 0.3) is 0 Å². The SMILES string of the molecule is CCOCC(N)c1noc(Cc2ccc(F)c(F)c2)n1. The number of halogens is 2. The quantitative estimate of drug-likeness (QED) is 0.877. The van der Waals surface area contributed by atoms with Crippen molar-refractivity contribution in [2.75, 3.05) is 13.2 Å². The molecule has 1 atom stereocenters. The minimum atomic E-state index is -0.907. The molecule has 2 N–H and O–H groups in total. The molecule has 0 amide bonds. The Kier molecular flexibility index (Phi) is 4.75. The fourth-order valence-electron chi connectivity index (χ4n) is 1.63. The van der Waals surface area contributed by atoms with Crippen LogP contribution in [0.15, 0.2) is 22.7 Å². The lowest BCUT2D eigenvalue weighted by Gasteiger charge is -2.05. The lowest BCUT2D eigenvalue weighted by Crippen LogP contribution is -2.18. The Hall–Kier alpha value is -1.86. The van der Waals surface area contributed by atoms with Crippen LogP contribution < -0.4 is 5.73 Å². The van der Waals surface area contributed by atoms with Gasteiger partial charge in [0.15, 0.2) is 17.5 Å². The van der Waals surface area contributed by atoms with Gasteiger partial charge >= 0.3 is 0 Å². The van der Waals surface area contributed by atoms with Crippen LogP contribution in [0.5, 0.6) is 0 Å². The van der Waals surface area contributed by atoms with Gasteiger partial charge in [-0.1, -0.05) is 11.2 Å².